The average molecular weight is 577 g/mol. The molecule has 1 N–H and O–H groups in total. The minimum absolute atomic E-state index is 0.134. The second-order valence-electron chi connectivity index (χ2n) is 11.6. The van der Waals surface area contributed by atoms with Crippen molar-refractivity contribution in [3.05, 3.63) is 53.9 Å². The molecule has 11 nitrogen and oxygen atoms in total. The second kappa shape index (κ2) is 12.4. The third-order valence-corrected chi connectivity index (χ3v) is 7.26. The molecule has 42 heavy (non-hydrogen) atoms. The first kappa shape index (κ1) is 29.4. The standard InChI is InChI=1S/C31H40N6O5/c1-21-19-26(37(34-21)28-11-6-7-18-41-28)23-9-8-10-25(32-23)29(38)33-24-13-12-22(20-27(24)40-5)35-14-16-36(17-15-35)30(39)42-31(2,3)4/h8-10,12-13,19-20,28H,6-7,11,14-18H2,1-5H3,(H,33,38). The van der Waals surface area contributed by atoms with Crippen LogP contribution in [-0.4, -0.2) is 77.2 Å². The van der Waals surface area contributed by atoms with Crippen molar-refractivity contribution in [2.24, 2.45) is 0 Å². The molecule has 2 aliphatic rings. The first-order chi connectivity index (χ1) is 20.1. The minimum Gasteiger partial charge on any atom is -0.494 e. The lowest BCUT2D eigenvalue weighted by molar-refractivity contribution is -0.0385. The summed E-state index contributed by atoms with van der Waals surface area (Å²) >= 11 is 0. The molecule has 2 fully saturated rings. The number of nitrogens with zero attached hydrogens (tertiary/aromatic N) is 5. The van der Waals surface area contributed by atoms with Crippen molar-refractivity contribution in [2.45, 2.75) is 58.8 Å². The average Bonchev–Trinajstić information content (AvgIpc) is 3.38. The Labute approximate surface area is 246 Å². The van der Waals surface area contributed by atoms with E-state index in [2.05, 4.69) is 20.3 Å². The molecule has 1 aromatic carbocycles. The van der Waals surface area contributed by atoms with Crippen LogP contribution in [0.2, 0.25) is 0 Å². The van der Waals surface area contributed by atoms with Crippen LogP contribution >= 0.6 is 0 Å². The van der Waals surface area contributed by atoms with Crippen LogP contribution in [0.5, 0.6) is 5.75 Å². The summed E-state index contributed by atoms with van der Waals surface area (Å²) in [5.74, 6) is 0.195. The molecule has 224 valence electrons. The highest BCUT2D eigenvalue weighted by Crippen LogP contribution is 2.32. The fourth-order valence-corrected chi connectivity index (χ4v) is 5.19. The molecule has 1 unspecified atom stereocenters. The first-order valence-corrected chi connectivity index (χ1v) is 14.5. The number of methoxy groups -OCH3 is 1. The summed E-state index contributed by atoms with van der Waals surface area (Å²) in [5.41, 5.74) is 3.60. The molecule has 0 aliphatic carbocycles. The Bertz CT molecular complexity index is 1420. The van der Waals surface area contributed by atoms with E-state index in [1.54, 1.807) is 18.1 Å². The first-order valence-electron chi connectivity index (χ1n) is 14.5. The summed E-state index contributed by atoms with van der Waals surface area (Å²) in [7, 11) is 1.57. The maximum Gasteiger partial charge on any atom is 0.410 e. The van der Waals surface area contributed by atoms with Crippen LogP contribution in [0.1, 0.15) is 62.4 Å². The van der Waals surface area contributed by atoms with Gasteiger partial charge in [0.05, 0.1) is 29.9 Å². The van der Waals surface area contributed by atoms with Crippen LogP contribution in [0.3, 0.4) is 0 Å². The van der Waals surface area contributed by atoms with Gasteiger partial charge in [-0.05, 0) is 77.3 Å². The number of aryl methyl sites for hydroxylation is 1. The van der Waals surface area contributed by atoms with Gasteiger partial charge in [-0.25, -0.2) is 14.5 Å². The van der Waals surface area contributed by atoms with E-state index in [4.69, 9.17) is 14.2 Å². The van der Waals surface area contributed by atoms with Gasteiger partial charge in [0.15, 0.2) is 6.23 Å². The van der Waals surface area contributed by atoms with E-state index in [0.717, 1.165) is 36.3 Å². The highest BCUT2D eigenvalue weighted by atomic mass is 16.6. The number of anilines is 2. The van der Waals surface area contributed by atoms with Crippen molar-refractivity contribution >= 4 is 23.4 Å². The zero-order valence-corrected chi connectivity index (χ0v) is 25.1. The van der Waals surface area contributed by atoms with Gasteiger partial charge >= 0.3 is 6.09 Å². The van der Waals surface area contributed by atoms with Crippen LogP contribution in [0, 0.1) is 6.92 Å². The molecule has 4 heterocycles. The van der Waals surface area contributed by atoms with Gasteiger partial charge in [0.2, 0.25) is 0 Å². The summed E-state index contributed by atoms with van der Waals surface area (Å²) in [6.07, 6.45) is 2.60. The van der Waals surface area contributed by atoms with E-state index < -0.39 is 5.60 Å². The van der Waals surface area contributed by atoms with E-state index in [1.165, 1.54) is 0 Å². The SMILES string of the molecule is COc1cc(N2CCN(C(=O)OC(C)(C)C)CC2)ccc1NC(=O)c1cccc(-c2cc(C)nn2C2CCCCO2)n1. The second-order valence-corrected chi connectivity index (χ2v) is 11.6. The van der Waals surface area contributed by atoms with Gasteiger partial charge in [-0.2, -0.15) is 5.10 Å². The summed E-state index contributed by atoms with van der Waals surface area (Å²) in [6, 6.07) is 13.0. The van der Waals surface area contributed by atoms with E-state index in [1.807, 2.05) is 68.8 Å². The highest BCUT2D eigenvalue weighted by molar-refractivity contribution is 6.04. The number of carbonyl (C=O) groups excluding carboxylic acids is 2. The van der Waals surface area contributed by atoms with E-state index in [-0.39, 0.29) is 23.9 Å². The zero-order valence-electron chi connectivity index (χ0n) is 25.1. The maximum absolute atomic E-state index is 13.3. The molecule has 0 radical (unpaired) electrons. The number of hydrogen-bond acceptors (Lipinski definition) is 8. The van der Waals surface area contributed by atoms with Crippen molar-refractivity contribution in [3.63, 3.8) is 0 Å². The lowest BCUT2D eigenvalue weighted by Crippen LogP contribution is -2.50. The zero-order chi connectivity index (χ0) is 29.9. The number of aromatic nitrogens is 3. The predicted molar refractivity (Wildman–Crippen MR) is 160 cm³/mol. The molecule has 2 aromatic heterocycles. The normalized spacial score (nSPS) is 17.6. The molecule has 5 rings (SSSR count). The third-order valence-electron chi connectivity index (χ3n) is 7.26. The number of hydrogen-bond donors (Lipinski definition) is 1. The molecule has 0 spiro atoms. The van der Waals surface area contributed by atoms with Crippen molar-refractivity contribution < 1.29 is 23.8 Å². The van der Waals surface area contributed by atoms with Crippen LogP contribution in [0.15, 0.2) is 42.5 Å². The summed E-state index contributed by atoms with van der Waals surface area (Å²) in [5, 5.41) is 7.61. The molecular formula is C31H40N6O5. The van der Waals surface area contributed by atoms with Crippen LogP contribution in [0.25, 0.3) is 11.4 Å². The van der Waals surface area contributed by atoms with Gasteiger partial charge in [-0.15, -0.1) is 0 Å². The van der Waals surface area contributed by atoms with Crippen LogP contribution in [0.4, 0.5) is 16.2 Å². The van der Waals surface area contributed by atoms with E-state index in [0.29, 0.717) is 49.9 Å². The highest BCUT2D eigenvalue weighted by Gasteiger charge is 2.27. The molecule has 2 aliphatic heterocycles. The Morgan fingerprint density at radius 3 is 2.52 bits per heavy atom. The van der Waals surface area contributed by atoms with Crippen molar-refractivity contribution in [3.8, 4) is 17.1 Å². The summed E-state index contributed by atoms with van der Waals surface area (Å²) in [4.78, 5) is 34.3. The van der Waals surface area contributed by atoms with Gasteiger partial charge in [-0.3, -0.25) is 4.79 Å². The smallest absolute Gasteiger partial charge is 0.410 e. The fourth-order valence-electron chi connectivity index (χ4n) is 5.19. The molecule has 1 atom stereocenters. The number of pyridine rings is 1. The number of amides is 2. The summed E-state index contributed by atoms with van der Waals surface area (Å²) in [6.45, 7) is 10.7. The van der Waals surface area contributed by atoms with Crippen molar-refractivity contribution in [2.75, 3.05) is 50.1 Å². The minimum atomic E-state index is -0.524. The Morgan fingerprint density at radius 2 is 1.83 bits per heavy atom. The van der Waals surface area contributed by atoms with Crippen LogP contribution in [-0.2, 0) is 9.47 Å². The molecule has 2 amide bonds. The Balaban J connectivity index is 1.27. The predicted octanol–water partition coefficient (Wildman–Crippen LogP) is 5.27. The lowest BCUT2D eigenvalue weighted by atomic mass is 10.1. The maximum atomic E-state index is 13.3. The number of nitrogens with one attached hydrogen (secondary N) is 1. The van der Waals surface area contributed by atoms with Gasteiger partial charge in [-0.1, -0.05) is 6.07 Å². The van der Waals surface area contributed by atoms with E-state index in [9.17, 15) is 9.59 Å². The Hall–Kier alpha value is -4.12. The van der Waals surface area contributed by atoms with Crippen LogP contribution < -0.4 is 15.0 Å². The quantitative estimate of drug-likeness (QED) is 0.423. The van der Waals surface area contributed by atoms with Gasteiger partial charge in [0.1, 0.15) is 17.0 Å². The monoisotopic (exact) mass is 576 g/mol. The number of rotatable bonds is 6. The molecule has 2 saturated heterocycles. The topological polar surface area (TPSA) is 111 Å². The third kappa shape index (κ3) is 6.84. The lowest BCUT2D eigenvalue weighted by Gasteiger charge is -2.37. The van der Waals surface area contributed by atoms with E-state index >= 15 is 0 Å². The number of benzene rings is 1. The number of ether oxygens (including phenoxy) is 3. The van der Waals surface area contributed by atoms with Crippen molar-refractivity contribution in [1.29, 1.82) is 0 Å². The Morgan fingerprint density at radius 1 is 1.05 bits per heavy atom. The fraction of sp³-hybridized carbons (Fsp3) is 0.484. The molecule has 0 saturated carbocycles. The Kier molecular flexibility index (Phi) is 8.67. The van der Waals surface area contributed by atoms with Gasteiger partial charge in [0.25, 0.3) is 5.91 Å². The molecule has 11 heteroatoms. The molecular weight excluding hydrogens is 536 g/mol. The molecule has 0 bridgehead atoms. The number of piperazine rings is 1. The number of carbonyl (C=O) groups is 2. The van der Waals surface area contributed by atoms with Gasteiger partial charge in [0, 0.05) is 44.5 Å². The van der Waals surface area contributed by atoms with Crippen molar-refractivity contribution in [1.82, 2.24) is 19.7 Å². The molecule has 3 aromatic rings. The largest absolute Gasteiger partial charge is 0.494 e. The summed E-state index contributed by atoms with van der Waals surface area (Å²) < 4.78 is 19.0. The van der Waals surface area contributed by atoms with Gasteiger partial charge < -0.3 is 29.3 Å².